The van der Waals surface area contributed by atoms with Gasteiger partial charge in [-0.25, -0.2) is 9.78 Å². The maximum Gasteiger partial charge on any atom is 0.337 e. The molecule has 6 heteroatoms. The Kier molecular flexibility index (Phi) is 2.82. The van der Waals surface area contributed by atoms with Crippen molar-refractivity contribution in [2.24, 2.45) is 0 Å². The largest absolute Gasteiger partial charge is 0.478 e. The van der Waals surface area contributed by atoms with Crippen molar-refractivity contribution in [3.05, 3.63) is 17.8 Å². The summed E-state index contributed by atoms with van der Waals surface area (Å²) in [6, 6.07) is 1.85. The van der Waals surface area contributed by atoms with Gasteiger partial charge in [-0.05, 0) is 31.7 Å². The molecule has 2 unspecified atom stereocenters. The minimum Gasteiger partial charge on any atom is -0.478 e. The Bertz CT molecular complexity index is 506. The van der Waals surface area contributed by atoms with Crippen LogP contribution in [0.25, 0.3) is 0 Å². The number of nitrogens with two attached hydrogens (primary N) is 1. The van der Waals surface area contributed by atoms with Gasteiger partial charge in [0.15, 0.2) is 5.82 Å². The van der Waals surface area contributed by atoms with Crippen LogP contribution >= 0.6 is 0 Å². The molecule has 2 saturated heterocycles. The fourth-order valence-corrected chi connectivity index (χ4v) is 3.35. The van der Waals surface area contributed by atoms with Gasteiger partial charge in [0.1, 0.15) is 0 Å². The van der Waals surface area contributed by atoms with Gasteiger partial charge in [-0.2, -0.15) is 0 Å². The number of aromatic nitrogens is 1. The zero-order valence-electron chi connectivity index (χ0n) is 10.5. The van der Waals surface area contributed by atoms with Crippen LogP contribution in [0.2, 0.25) is 0 Å². The number of nitrogen functional groups attached to an aromatic ring is 1. The van der Waals surface area contributed by atoms with E-state index in [0.29, 0.717) is 18.7 Å². The van der Waals surface area contributed by atoms with Gasteiger partial charge < -0.3 is 20.8 Å². The topological polar surface area (TPSA) is 99.7 Å². The Hall–Kier alpha value is -1.82. The molecule has 0 saturated carbocycles. The number of aliphatic hydroxyl groups excluding tert-OH is 1. The number of hydrogen-bond acceptors (Lipinski definition) is 5. The first-order chi connectivity index (χ1) is 9.08. The van der Waals surface area contributed by atoms with Crippen molar-refractivity contribution in [3.8, 4) is 0 Å². The molecule has 2 aliphatic heterocycles. The first-order valence-corrected chi connectivity index (χ1v) is 6.52. The SMILES string of the molecule is Nc1c(C(=O)O)ccnc1N1C2CCC1CC(O)C2. The summed E-state index contributed by atoms with van der Waals surface area (Å²) < 4.78 is 0. The molecule has 0 amide bonds. The Morgan fingerprint density at radius 3 is 2.58 bits per heavy atom. The van der Waals surface area contributed by atoms with Crippen LogP contribution in [-0.4, -0.2) is 39.4 Å². The van der Waals surface area contributed by atoms with E-state index in [0.717, 1.165) is 12.8 Å². The highest BCUT2D eigenvalue weighted by atomic mass is 16.4. The van der Waals surface area contributed by atoms with Gasteiger partial charge in [-0.3, -0.25) is 0 Å². The number of piperidine rings is 1. The number of aromatic carboxylic acids is 1. The van der Waals surface area contributed by atoms with E-state index >= 15 is 0 Å². The smallest absolute Gasteiger partial charge is 0.337 e. The van der Waals surface area contributed by atoms with E-state index in [2.05, 4.69) is 9.88 Å². The number of fused-ring (bicyclic) bond motifs is 2. The molecule has 6 nitrogen and oxygen atoms in total. The first-order valence-electron chi connectivity index (χ1n) is 6.52. The minimum absolute atomic E-state index is 0.0931. The number of carboxylic acids is 1. The van der Waals surface area contributed by atoms with Crippen LogP contribution in [0.3, 0.4) is 0 Å². The van der Waals surface area contributed by atoms with Crippen LogP contribution in [0.4, 0.5) is 11.5 Å². The molecule has 0 aliphatic carbocycles. The van der Waals surface area contributed by atoms with E-state index in [1.165, 1.54) is 12.3 Å². The average Bonchev–Trinajstić information content (AvgIpc) is 2.62. The normalized spacial score (nSPS) is 29.5. The van der Waals surface area contributed by atoms with Crippen molar-refractivity contribution in [3.63, 3.8) is 0 Å². The fraction of sp³-hybridized carbons (Fsp3) is 0.538. The van der Waals surface area contributed by atoms with Gasteiger partial charge in [0.05, 0.1) is 17.4 Å². The predicted molar refractivity (Wildman–Crippen MR) is 70.1 cm³/mol. The zero-order valence-corrected chi connectivity index (χ0v) is 10.5. The van der Waals surface area contributed by atoms with Crippen molar-refractivity contribution >= 4 is 17.5 Å². The van der Waals surface area contributed by atoms with Crippen LogP contribution < -0.4 is 10.6 Å². The summed E-state index contributed by atoms with van der Waals surface area (Å²) in [6.45, 7) is 0. The van der Waals surface area contributed by atoms with Crippen molar-refractivity contribution < 1.29 is 15.0 Å². The summed E-state index contributed by atoms with van der Waals surface area (Å²) in [4.78, 5) is 17.5. The molecule has 2 bridgehead atoms. The van der Waals surface area contributed by atoms with E-state index in [1.54, 1.807) is 0 Å². The number of carboxylic acid groups (broad SMARTS) is 1. The van der Waals surface area contributed by atoms with Crippen molar-refractivity contribution in [1.29, 1.82) is 0 Å². The molecule has 102 valence electrons. The fourth-order valence-electron chi connectivity index (χ4n) is 3.35. The van der Waals surface area contributed by atoms with E-state index < -0.39 is 5.97 Å². The van der Waals surface area contributed by atoms with Crippen LogP contribution in [0, 0.1) is 0 Å². The lowest BCUT2D eigenvalue weighted by molar-refractivity contribution is 0.0697. The molecule has 0 aromatic carbocycles. The Balaban J connectivity index is 1.99. The summed E-state index contributed by atoms with van der Waals surface area (Å²) in [7, 11) is 0. The second-order valence-corrected chi connectivity index (χ2v) is 5.32. The summed E-state index contributed by atoms with van der Waals surface area (Å²) in [5, 5.41) is 18.9. The first kappa shape index (κ1) is 12.2. The highest BCUT2D eigenvalue weighted by Crippen LogP contribution is 2.41. The number of aliphatic hydroxyl groups is 1. The molecule has 4 N–H and O–H groups in total. The quantitative estimate of drug-likeness (QED) is 0.731. The Labute approximate surface area is 110 Å². The van der Waals surface area contributed by atoms with E-state index in [9.17, 15) is 9.90 Å². The lowest BCUT2D eigenvalue weighted by Crippen LogP contribution is -2.45. The van der Waals surface area contributed by atoms with Crippen molar-refractivity contribution in [1.82, 2.24) is 4.98 Å². The molecule has 0 radical (unpaired) electrons. The molecule has 2 aliphatic rings. The minimum atomic E-state index is -1.04. The standard InChI is InChI=1S/C13H17N3O3/c14-11-10(13(18)19)3-4-15-12(11)16-7-1-2-8(16)6-9(17)5-7/h3-4,7-9,17H,1-2,5-6,14H2,(H,18,19). The monoisotopic (exact) mass is 263 g/mol. The lowest BCUT2D eigenvalue weighted by Gasteiger charge is -2.38. The predicted octanol–water partition coefficient (Wildman–Crippen LogP) is 0.854. The number of rotatable bonds is 2. The number of anilines is 2. The highest BCUT2D eigenvalue weighted by Gasteiger charge is 2.41. The van der Waals surface area contributed by atoms with Crippen LogP contribution in [0.5, 0.6) is 0 Å². The Morgan fingerprint density at radius 2 is 2.00 bits per heavy atom. The summed E-state index contributed by atoms with van der Waals surface area (Å²) in [5.74, 6) is -0.482. The van der Waals surface area contributed by atoms with Gasteiger partial charge in [-0.1, -0.05) is 0 Å². The van der Waals surface area contributed by atoms with Crippen LogP contribution in [0.15, 0.2) is 12.3 Å². The van der Waals surface area contributed by atoms with Crippen molar-refractivity contribution in [2.45, 2.75) is 43.9 Å². The van der Waals surface area contributed by atoms with E-state index in [4.69, 9.17) is 10.8 Å². The number of pyridine rings is 1. The van der Waals surface area contributed by atoms with Gasteiger partial charge in [-0.15, -0.1) is 0 Å². The third kappa shape index (κ3) is 1.92. The molecule has 19 heavy (non-hydrogen) atoms. The number of hydrogen-bond donors (Lipinski definition) is 3. The van der Waals surface area contributed by atoms with Crippen LogP contribution in [-0.2, 0) is 0 Å². The molecule has 0 spiro atoms. The summed E-state index contributed by atoms with van der Waals surface area (Å²) in [5.41, 5.74) is 6.27. The zero-order chi connectivity index (χ0) is 13.6. The maximum absolute atomic E-state index is 11.1. The highest BCUT2D eigenvalue weighted by molar-refractivity contribution is 5.96. The molecule has 2 fully saturated rings. The van der Waals surface area contributed by atoms with Gasteiger partial charge in [0, 0.05) is 18.3 Å². The van der Waals surface area contributed by atoms with E-state index in [1.807, 2.05) is 0 Å². The lowest BCUT2D eigenvalue weighted by atomic mass is 9.99. The molecular weight excluding hydrogens is 246 g/mol. The molecule has 2 atom stereocenters. The van der Waals surface area contributed by atoms with Gasteiger partial charge >= 0.3 is 5.97 Å². The summed E-state index contributed by atoms with van der Waals surface area (Å²) >= 11 is 0. The maximum atomic E-state index is 11.1. The molecule has 3 rings (SSSR count). The average molecular weight is 263 g/mol. The van der Waals surface area contributed by atoms with Gasteiger partial charge in [0.25, 0.3) is 0 Å². The Morgan fingerprint density at radius 1 is 1.37 bits per heavy atom. The molecule has 1 aromatic heterocycles. The summed E-state index contributed by atoms with van der Waals surface area (Å²) in [6.07, 6.45) is 4.63. The van der Waals surface area contributed by atoms with E-state index in [-0.39, 0.29) is 29.4 Å². The number of carbonyl (C=O) groups is 1. The second-order valence-electron chi connectivity index (χ2n) is 5.32. The number of nitrogens with zero attached hydrogens (tertiary/aromatic N) is 2. The van der Waals surface area contributed by atoms with Crippen molar-refractivity contribution in [2.75, 3.05) is 10.6 Å². The molecule has 3 heterocycles. The second kappa shape index (κ2) is 4.38. The van der Waals surface area contributed by atoms with Crippen LogP contribution in [0.1, 0.15) is 36.0 Å². The third-order valence-corrected chi connectivity index (χ3v) is 4.15. The molecular formula is C13H17N3O3. The third-order valence-electron chi connectivity index (χ3n) is 4.15. The molecule has 1 aromatic rings. The van der Waals surface area contributed by atoms with Gasteiger partial charge in [0.2, 0.25) is 0 Å².